The number of sulfone groups is 1. The molecule has 1 amide bonds. The Bertz CT molecular complexity index is 407. The summed E-state index contributed by atoms with van der Waals surface area (Å²) in [4.78, 5) is 13.6. The maximum absolute atomic E-state index is 12.0. The lowest BCUT2D eigenvalue weighted by molar-refractivity contribution is -0.130. The topological polar surface area (TPSA) is 66.5 Å². The average molecular weight is 272 g/mol. The van der Waals surface area contributed by atoms with Crippen LogP contribution in [-0.4, -0.2) is 56.4 Å². The highest BCUT2D eigenvalue weighted by molar-refractivity contribution is 7.91. The van der Waals surface area contributed by atoms with Gasteiger partial charge < -0.3 is 10.2 Å². The summed E-state index contributed by atoms with van der Waals surface area (Å²) in [6, 6.07) is -0.284. The van der Waals surface area contributed by atoms with Gasteiger partial charge in [-0.25, -0.2) is 8.42 Å². The summed E-state index contributed by atoms with van der Waals surface area (Å²) in [5.74, 6) is 0.111. The van der Waals surface area contributed by atoms with Crippen molar-refractivity contribution < 1.29 is 13.2 Å². The van der Waals surface area contributed by atoms with Crippen molar-refractivity contribution in [3.05, 3.63) is 25.3 Å². The first kappa shape index (κ1) is 14.9. The van der Waals surface area contributed by atoms with Gasteiger partial charge in [0.25, 0.3) is 0 Å². The van der Waals surface area contributed by atoms with Crippen molar-refractivity contribution in [3.63, 3.8) is 0 Å². The highest BCUT2D eigenvalue weighted by Crippen LogP contribution is 2.07. The second-order valence-electron chi connectivity index (χ2n) is 4.35. The van der Waals surface area contributed by atoms with Crippen LogP contribution in [-0.2, 0) is 14.6 Å². The summed E-state index contributed by atoms with van der Waals surface area (Å²) >= 11 is 0. The monoisotopic (exact) mass is 272 g/mol. The van der Waals surface area contributed by atoms with E-state index in [2.05, 4.69) is 18.5 Å². The van der Waals surface area contributed by atoms with Crippen molar-refractivity contribution in [2.75, 3.05) is 31.1 Å². The molecule has 6 heteroatoms. The molecule has 0 spiro atoms. The maximum Gasteiger partial charge on any atom is 0.224 e. The van der Waals surface area contributed by atoms with Crippen LogP contribution in [0.2, 0.25) is 0 Å². The van der Waals surface area contributed by atoms with Crippen molar-refractivity contribution in [1.29, 1.82) is 0 Å². The third-order valence-electron chi connectivity index (χ3n) is 2.77. The summed E-state index contributed by atoms with van der Waals surface area (Å²) in [7, 11) is -3.00. The normalized spacial score (nSPS) is 22.1. The van der Waals surface area contributed by atoms with Crippen molar-refractivity contribution in [2.24, 2.45) is 0 Å². The molecule has 1 unspecified atom stereocenters. The van der Waals surface area contributed by atoms with Crippen LogP contribution < -0.4 is 5.32 Å². The Kier molecular flexibility index (Phi) is 5.55. The molecule has 1 fully saturated rings. The Morgan fingerprint density at radius 2 is 1.94 bits per heavy atom. The predicted octanol–water partition coefficient (Wildman–Crippen LogP) is -0.0363. The summed E-state index contributed by atoms with van der Waals surface area (Å²) in [5.41, 5.74) is 0. The van der Waals surface area contributed by atoms with Crippen LogP contribution in [0.5, 0.6) is 0 Å². The third-order valence-corrected chi connectivity index (χ3v) is 4.51. The molecule has 18 heavy (non-hydrogen) atoms. The van der Waals surface area contributed by atoms with Crippen molar-refractivity contribution in [1.82, 2.24) is 10.2 Å². The van der Waals surface area contributed by atoms with E-state index in [1.165, 1.54) is 0 Å². The van der Waals surface area contributed by atoms with E-state index in [9.17, 15) is 13.2 Å². The number of amides is 1. The molecule has 0 saturated carbocycles. The van der Waals surface area contributed by atoms with Crippen LogP contribution in [0.15, 0.2) is 25.3 Å². The van der Waals surface area contributed by atoms with E-state index in [0.29, 0.717) is 19.6 Å². The van der Waals surface area contributed by atoms with Gasteiger partial charge in [-0.05, 0) is 0 Å². The van der Waals surface area contributed by atoms with Gasteiger partial charge in [0.15, 0.2) is 9.84 Å². The van der Waals surface area contributed by atoms with Crippen molar-refractivity contribution in [2.45, 2.75) is 12.5 Å². The Morgan fingerprint density at radius 1 is 1.33 bits per heavy atom. The Balaban J connectivity index is 2.56. The van der Waals surface area contributed by atoms with Gasteiger partial charge in [0, 0.05) is 32.1 Å². The van der Waals surface area contributed by atoms with Gasteiger partial charge in [-0.15, -0.1) is 13.2 Å². The quantitative estimate of drug-likeness (QED) is 0.689. The lowest BCUT2D eigenvalue weighted by atomic mass is 10.2. The van der Waals surface area contributed by atoms with Crippen molar-refractivity contribution >= 4 is 15.7 Å². The third kappa shape index (κ3) is 4.62. The number of carbonyl (C=O) groups excluding carboxylic acids is 1. The smallest absolute Gasteiger partial charge is 0.224 e. The van der Waals surface area contributed by atoms with Gasteiger partial charge in [0.2, 0.25) is 5.91 Å². The summed E-state index contributed by atoms with van der Waals surface area (Å²) < 4.78 is 22.9. The largest absolute Gasteiger partial charge is 0.335 e. The zero-order chi connectivity index (χ0) is 13.6. The maximum atomic E-state index is 12.0. The fourth-order valence-corrected chi connectivity index (χ4v) is 3.37. The molecule has 1 aliphatic heterocycles. The highest BCUT2D eigenvalue weighted by atomic mass is 32.2. The first-order valence-corrected chi connectivity index (χ1v) is 7.74. The predicted molar refractivity (Wildman–Crippen MR) is 72.0 cm³/mol. The number of nitrogens with one attached hydrogen (secondary N) is 1. The molecule has 1 N–H and O–H groups in total. The molecule has 0 bridgehead atoms. The van der Waals surface area contributed by atoms with Crippen LogP contribution >= 0.6 is 0 Å². The Labute approximate surface area is 108 Å². The van der Waals surface area contributed by atoms with E-state index >= 15 is 0 Å². The second kappa shape index (κ2) is 6.70. The fraction of sp³-hybridized carbons (Fsp3) is 0.583. The number of carbonyl (C=O) groups is 1. The molecule has 0 aromatic carbocycles. The van der Waals surface area contributed by atoms with Gasteiger partial charge in [0.1, 0.15) is 0 Å². The molecule has 1 saturated heterocycles. The zero-order valence-electron chi connectivity index (χ0n) is 10.5. The van der Waals surface area contributed by atoms with Gasteiger partial charge in [-0.1, -0.05) is 12.2 Å². The van der Waals surface area contributed by atoms with Gasteiger partial charge in [-0.3, -0.25) is 4.79 Å². The highest BCUT2D eigenvalue weighted by Gasteiger charge is 2.27. The van der Waals surface area contributed by atoms with Crippen molar-refractivity contribution in [3.8, 4) is 0 Å². The Morgan fingerprint density at radius 3 is 2.44 bits per heavy atom. The second-order valence-corrected chi connectivity index (χ2v) is 6.57. The average Bonchev–Trinajstić information content (AvgIpc) is 2.27. The molecular formula is C12H20N2O3S. The van der Waals surface area contributed by atoms with Crippen LogP contribution in [0.4, 0.5) is 0 Å². The number of hydrogen-bond donors (Lipinski definition) is 1. The van der Waals surface area contributed by atoms with E-state index in [1.807, 2.05) is 0 Å². The van der Waals surface area contributed by atoms with Crippen LogP contribution in [0.3, 0.4) is 0 Å². The first-order valence-electron chi connectivity index (χ1n) is 5.92. The fourth-order valence-electron chi connectivity index (χ4n) is 1.93. The lowest BCUT2D eigenvalue weighted by Crippen LogP contribution is -2.47. The SMILES string of the molecule is C=CCN(CC=C)C(=O)CC1CS(=O)(=O)CCN1. The molecular weight excluding hydrogens is 252 g/mol. The number of nitrogens with zero attached hydrogens (tertiary/aromatic N) is 1. The van der Waals surface area contributed by atoms with Crippen LogP contribution in [0, 0.1) is 0 Å². The van der Waals surface area contributed by atoms with E-state index in [-0.39, 0.29) is 29.9 Å². The van der Waals surface area contributed by atoms with Crippen LogP contribution in [0.1, 0.15) is 6.42 Å². The summed E-state index contributed by atoms with van der Waals surface area (Å²) in [5, 5.41) is 3.07. The zero-order valence-corrected chi connectivity index (χ0v) is 11.3. The first-order chi connectivity index (χ1) is 8.48. The molecule has 0 aromatic rings. The van der Waals surface area contributed by atoms with Crippen LogP contribution in [0.25, 0.3) is 0 Å². The summed E-state index contributed by atoms with van der Waals surface area (Å²) in [6.45, 7) is 8.51. The lowest BCUT2D eigenvalue weighted by Gasteiger charge is -2.26. The van der Waals surface area contributed by atoms with E-state index in [4.69, 9.17) is 0 Å². The molecule has 0 aliphatic carbocycles. The number of rotatable bonds is 6. The minimum absolute atomic E-state index is 0.0365. The molecule has 5 nitrogen and oxygen atoms in total. The Hall–Kier alpha value is -1.14. The van der Waals surface area contributed by atoms with E-state index in [0.717, 1.165) is 0 Å². The molecule has 1 aliphatic rings. The van der Waals surface area contributed by atoms with Gasteiger partial charge >= 0.3 is 0 Å². The summed E-state index contributed by atoms with van der Waals surface area (Å²) in [6.07, 6.45) is 3.49. The molecule has 0 radical (unpaired) electrons. The molecule has 1 atom stereocenters. The standard InChI is InChI=1S/C12H20N2O3S/c1-3-6-14(7-4-2)12(15)9-11-10-18(16,17)8-5-13-11/h3-4,11,13H,1-2,5-10H2. The minimum atomic E-state index is -3.00. The molecule has 0 aromatic heterocycles. The molecule has 1 heterocycles. The van der Waals surface area contributed by atoms with Gasteiger partial charge in [0.05, 0.1) is 11.5 Å². The van der Waals surface area contributed by atoms with E-state index in [1.54, 1.807) is 17.1 Å². The minimum Gasteiger partial charge on any atom is -0.335 e. The van der Waals surface area contributed by atoms with E-state index < -0.39 is 9.84 Å². The van der Waals surface area contributed by atoms with Gasteiger partial charge in [-0.2, -0.15) is 0 Å². The molecule has 1 rings (SSSR count). The number of hydrogen-bond acceptors (Lipinski definition) is 4. The molecule has 102 valence electrons.